The van der Waals surface area contributed by atoms with Crippen LogP contribution in [0.5, 0.6) is 0 Å². The predicted octanol–water partition coefficient (Wildman–Crippen LogP) is 3.66. The summed E-state index contributed by atoms with van der Waals surface area (Å²) in [7, 11) is 0. The van der Waals surface area contributed by atoms with E-state index < -0.39 is 4.32 Å². The van der Waals surface area contributed by atoms with Gasteiger partial charge in [-0.05, 0) is 39.2 Å². The molecule has 18 heavy (non-hydrogen) atoms. The molecular weight excluding hydrogens is 290 g/mol. The molecule has 2 rings (SSSR count). The molecule has 0 unspecified atom stereocenters. The first-order valence-electron chi connectivity index (χ1n) is 6.43. The lowest BCUT2D eigenvalue weighted by Crippen LogP contribution is -2.42. The number of halogens is 1. The van der Waals surface area contributed by atoms with Gasteiger partial charge in [-0.15, -0.1) is 0 Å². The van der Waals surface area contributed by atoms with E-state index in [9.17, 15) is 4.79 Å². The van der Waals surface area contributed by atoms with E-state index in [0.717, 1.165) is 19.4 Å². The molecule has 3 heteroatoms. The summed E-state index contributed by atoms with van der Waals surface area (Å²) in [6.45, 7) is 6.63. The Kier molecular flexibility index (Phi) is 3.81. The first-order valence-corrected chi connectivity index (χ1v) is 7.23. The number of hydrogen-bond donors (Lipinski definition) is 0. The summed E-state index contributed by atoms with van der Waals surface area (Å²) in [6.07, 6.45) is 2.28. The van der Waals surface area contributed by atoms with Crippen molar-refractivity contribution in [1.29, 1.82) is 0 Å². The van der Waals surface area contributed by atoms with E-state index in [0.29, 0.717) is 6.04 Å². The van der Waals surface area contributed by atoms with Crippen molar-refractivity contribution >= 4 is 21.8 Å². The summed E-state index contributed by atoms with van der Waals surface area (Å²) < 4.78 is -0.472. The Labute approximate surface area is 117 Å². The highest BCUT2D eigenvalue weighted by molar-refractivity contribution is 9.10. The minimum absolute atomic E-state index is 0.186. The molecule has 1 saturated carbocycles. The average molecular weight is 310 g/mol. The van der Waals surface area contributed by atoms with Crippen molar-refractivity contribution in [2.24, 2.45) is 0 Å². The van der Waals surface area contributed by atoms with Crippen molar-refractivity contribution in [1.82, 2.24) is 4.90 Å². The van der Waals surface area contributed by atoms with Crippen LogP contribution >= 0.6 is 15.9 Å². The van der Waals surface area contributed by atoms with E-state index >= 15 is 0 Å². The number of rotatable bonds is 4. The summed E-state index contributed by atoms with van der Waals surface area (Å²) in [5.41, 5.74) is 2.46. The van der Waals surface area contributed by atoms with Crippen LogP contribution in [0.3, 0.4) is 0 Å². The lowest BCUT2D eigenvalue weighted by atomic mass is 10.1. The van der Waals surface area contributed by atoms with Crippen LogP contribution in [0.25, 0.3) is 0 Å². The summed E-state index contributed by atoms with van der Waals surface area (Å²) in [5, 5.41) is 0. The maximum Gasteiger partial charge on any atom is 0.239 e. The summed E-state index contributed by atoms with van der Waals surface area (Å²) in [6, 6.07) is 8.86. The molecular formula is C15H20BrNO. The zero-order valence-electron chi connectivity index (χ0n) is 11.2. The van der Waals surface area contributed by atoms with Gasteiger partial charge in [0.25, 0.3) is 0 Å². The third-order valence-corrected chi connectivity index (χ3v) is 3.57. The highest BCUT2D eigenvalue weighted by atomic mass is 79.9. The van der Waals surface area contributed by atoms with Gasteiger partial charge >= 0.3 is 0 Å². The van der Waals surface area contributed by atoms with Crippen LogP contribution in [0.4, 0.5) is 0 Å². The van der Waals surface area contributed by atoms with Crippen molar-refractivity contribution in [2.75, 3.05) is 0 Å². The zero-order valence-corrected chi connectivity index (χ0v) is 12.8. The maximum atomic E-state index is 12.4. The van der Waals surface area contributed by atoms with Gasteiger partial charge in [0.1, 0.15) is 0 Å². The third-order valence-electron chi connectivity index (χ3n) is 3.23. The summed E-state index contributed by atoms with van der Waals surface area (Å²) >= 11 is 3.47. The number of carbonyl (C=O) groups is 1. The second-order valence-electron chi connectivity index (χ2n) is 5.62. The molecule has 1 aliphatic carbocycles. The Morgan fingerprint density at radius 1 is 1.33 bits per heavy atom. The first kappa shape index (κ1) is 13.6. The van der Waals surface area contributed by atoms with E-state index in [2.05, 4.69) is 47.1 Å². The van der Waals surface area contributed by atoms with Gasteiger partial charge in [-0.1, -0.05) is 45.8 Å². The van der Waals surface area contributed by atoms with Crippen molar-refractivity contribution < 1.29 is 4.79 Å². The molecule has 1 aliphatic rings. The first-order chi connectivity index (χ1) is 8.38. The Balaban J connectivity index is 2.12. The SMILES string of the molecule is Cc1ccc(CN(C(=O)C(C)(C)Br)C2CC2)cc1. The molecule has 98 valence electrons. The van der Waals surface area contributed by atoms with E-state index in [4.69, 9.17) is 0 Å². The van der Waals surface area contributed by atoms with E-state index in [1.807, 2.05) is 18.7 Å². The molecule has 0 bridgehead atoms. The minimum Gasteiger partial charge on any atom is -0.334 e. The fraction of sp³-hybridized carbons (Fsp3) is 0.533. The average Bonchev–Trinajstić information content (AvgIpc) is 3.10. The number of amides is 1. The molecule has 0 atom stereocenters. The number of benzene rings is 1. The lowest BCUT2D eigenvalue weighted by Gasteiger charge is -2.28. The van der Waals surface area contributed by atoms with Crippen LogP contribution in [0, 0.1) is 6.92 Å². The normalized spacial score (nSPS) is 15.6. The molecule has 0 heterocycles. The van der Waals surface area contributed by atoms with Crippen LogP contribution < -0.4 is 0 Å². The Morgan fingerprint density at radius 3 is 2.33 bits per heavy atom. The molecule has 0 radical (unpaired) electrons. The van der Waals surface area contributed by atoms with Crippen LogP contribution in [0.1, 0.15) is 37.8 Å². The molecule has 0 spiro atoms. The number of aryl methyl sites for hydroxylation is 1. The van der Waals surface area contributed by atoms with E-state index in [1.165, 1.54) is 11.1 Å². The molecule has 1 fully saturated rings. The zero-order chi connectivity index (χ0) is 13.3. The molecule has 2 nitrogen and oxygen atoms in total. The van der Waals surface area contributed by atoms with Gasteiger partial charge in [0, 0.05) is 12.6 Å². The molecule has 0 saturated heterocycles. The van der Waals surface area contributed by atoms with Gasteiger partial charge in [0.05, 0.1) is 4.32 Å². The Morgan fingerprint density at radius 2 is 1.89 bits per heavy atom. The van der Waals surface area contributed by atoms with Crippen LogP contribution in [0.2, 0.25) is 0 Å². The number of nitrogens with zero attached hydrogens (tertiary/aromatic N) is 1. The quantitative estimate of drug-likeness (QED) is 0.777. The maximum absolute atomic E-state index is 12.4. The highest BCUT2D eigenvalue weighted by Gasteiger charge is 2.38. The molecule has 0 aromatic heterocycles. The van der Waals surface area contributed by atoms with Gasteiger partial charge in [0.2, 0.25) is 5.91 Å². The van der Waals surface area contributed by atoms with Gasteiger partial charge in [-0.3, -0.25) is 4.79 Å². The Hall–Kier alpha value is -0.830. The van der Waals surface area contributed by atoms with Gasteiger partial charge < -0.3 is 4.90 Å². The second-order valence-corrected chi connectivity index (χ2v) is 7.60. The van der Waals surface area contributed by atoms with Crippen LogP contribution in [-0.4, -0.2) is 21.2 Å². The largest absolute Gasteiger partial charge is 0.334 e. The highest BCUT2D eigenvalue weighted by Crippen LogP contribution is 2.32. The standard InChI is InChI=1S/C15H20BrNO/c1-11-4-6-12(7-5-11)10-17(13-8-9-13)14(18)15(2,3)16/h4-7,13H,8-10H2,1-3H3. The summed E-state index contributed by atoms with van der Waals surface area (Å²) in [5.74, 6) is 0.186. The van der Waals surface area contributed by atoms with Gasteiger partial charge in [0.15, 0.2) is 0 Å². The van der Waals surface area contributed by atoms with Crippen LogP contribution in [-0.2, 0) is 11.3 Å². The number of carbonyl (C=O) groups excluding carboxylic acids is 1. The molecule has 0 N–H and O–H groups in total. The van der Waals surface area contributed by atoms with E-state index in [-0.39, 0.29) is 5.91 Å². The molecule has 0 aliphatic heterocycles. The third kappa shape index (κ3) is 3.35. The summed E-state index contributed by atoms with van der Waals surface area (Å²) in [4.78, 5) is 14.4. The molecule has 1 aromatic carbocycles. The number of hydrogen-bond acceptors (Lipinski definition) is 1. The van der Waals surface area contributed by atoms with Crippen molar-refractivity contribution in [3.63, 3.8) is 0 Å². The van der Waals surface area contributed by atoms with E-state index in [1.54, 1.807) is 0 Å². The monoisotopic (exact) mass is 309 g/mol. The fourth-order valence-electron chi connectivity index (χ4n) is 1.98. The van der Waals surface area contributed by atoms with Crippen LogP contribution in [0.15, 0.2) is 24.3 Å². The lowest BCUT2D eigenvalue weighted by molar-refractivity contribution is -0.134. The van der Waals surface area contributed by atoms with Gasteiger partial charge in [-0.2, -0.15) is 0 Å². The number of alkyl halides is 1. The van der Waals surface area contributed by atoms with Crippen molar-refractivity contribution in [3.05, 3.63) is 35.4 Å². The minimum atomic E-state index is -0.472. The topological polar surface area (TPSA) is 20.3 Å². The fourth-order valence-corrected chi connectivity index (χ4v) is 2.21. The molecule has 1 amide bonds. The smallest absolute Gasteiger partial charge is 0.239 e. The molecule has 1 aromatic rings. The second kappa shape index (κ2) is 5.04. The Bertz CT molecular complexity index is 429. The van der Waals surface area contributed by atoms with Gasteiger partial charge in [-0.25, -0.2) is 0 Å². The van der Waals surface area contributed by atoms with Crippen molar-refractivity contribution in [2.45, 2.75) is 50.5 Å². The predicted molar refractivity (Wildman–Crippen MR) is 77.8 cm³/mol. The van der Waals surface area contributed by atoms with Crippen molar-refractivity contribution in [3.8, 4) is 0 Å².